The molecule has 0 bridgehead atoms. The summed E-state index contributed by atoms with van der Waals surface area (Å²) in [7, 11) is 1.73. The summed E-state index contributed by atoms with van der Waals surface area (Å²) in [6, 6.07) is 10.1. The summed E-state index contributed by atoms with van der Waals surface area (Å²) in [5, 5.41) is 0. The van der Waals surface area contributed by atoms with Gasteiger partial charge in [0.1, 0.15) is 0 Å². The average Bonchev–Trinajstić information content (AvgIpc) is 2.50. The first-order valence-corrected chi connectivity index (χ1v) is 7.50. The second-order valence-electron chi connectivity index (χ2n) is 5.18. The molecule has 0 aliphatic heterocycles. The standard InChI is InChI=1S/C17H27NO2/c1-4-15(2)18(13-14-20-3)12-8-11-17(19)16-9-6-5-7-10-16/h5-7,9-10,15H,4,8,11-14H2,1-3H3. The number of ketones is 1. The van der Waals surface area contributed by atoms with Crippen molar-refractivity contribution in [3.63, 3.8) is 0 Å². The highest BCUT2D eigenvalue weighted by atomic mass is 16.5. The number of carbonyl (C=O) groups is 1. The molecule has 0 saturated carbocycles. The predicted molar refractivity (Wildman–Crippen MR) is 83.2 cm³/mol. The first-order chi connectivity index (χ1) is 9.69. The molecule has 1 aromatic carbocycles. The maximum Gasteiger partial charge on any atom is 0.162 e. The van der Waals surface area contributed by atoms with Crippen LogP contribution in [0.1, 0.15) is 43.5 Å². The number of rotatable bonds is 10. The van der Waals surface area contributed by atoms with E-state index in [-0.39, 0.29) is 5.78 Å². The fraction of sp³-hybridized carbons (Fsp3) is 0.588. The molecule has 112 valence electrons. The van der Waals surface area contributed by atoms with Crippen molar-refractivity contribution in [1.82, 2.24) is 4.90 Å². The second kappa shape index (κ2) is 9.67. The van der Waals surface area contributed by atoms with Gasteiger partial charge in [0.2, 0.25) is 0 Å². The minimum absolute atomic E-state index is 0.237. The minimum Gasteiger partial charge on any atom is -0.383 e. The van der Waals surface area contributed by atoms with Gasteiger partial charge in [-0.3, -0.25) is 9.69 Å². The Balaban J connectivity index is 2.38. The Morgan fingerprint density at radius 1 is 1.25 bits per heavy atom. The molecule has 3 nitrogen and oxygen atoms in total. The van der Waals surface area contributed by atoms with E-state index in [1.807, 2.05) is 30.3 Å². The van der Waals surface area contributed by atoms with E-state index in [2.05, 4.69) is 18.7 Å². The van der Waals surface area contributed by atoms with Gasteiger partial charge in [0.15, 0.2) is 5.78 Å². The van der Waals surface area contributed by atoms with Gasteiger partial charge in [-0.1, -0.05) is 37.3 Å². The van der Waals surface area contributed by atoms with E-state index >= 15 is 0 Å². The number of Topliss-reactive ketones (excluding diaryl/α,β-unsaturated/α-hetero) is 1. The summed E-state index contributed by atoms with van der Waals surface area (Å²) < 4.78 is 5.16. The van der Waals surface area contributed by atoms with Crippen LogP contribution >= 0.6 is 0 Å². The molecule has 3 heteroatoms. The Morgan fingerprint density at radius 2 is 1.95 bits per heavy atom. The zero-order valence-electron chi connectivity index (χ0n) is 13.0. The Bertz CT molecular complexity index is 378. The lowest BCUT2D eigenvalue weighted by Crippen LogP contribution is -2.36. The monoisotopic (exact) mass is 277 g/mol. The van der Waals surface area contributed by atoms with Crippen molar-refractivity contribution >= 4 is 5.78 Å². The molecule has 1 rings (SSSR count). The molecule has 0 heterocycles. The van der Waals surface area contributed by atoms with Crippen molar-refractivity contribution in [3.05, 3.63) is 35.9 Å². The van der Waals surface area contributed by atoms with Gasteiger partial charge in [-0.05, 0) is 26.3 Å². The number of hydrogen-bond donors (Lipinski definition) is 0. The van der Waals surface area contributed by atoms with Gasteiger partial charge in [0.25, 0.3) is 0 Å². The van der Waals surface area contributed by atoms with Crippen LogP contribution in [0.2, 0.25) is 0 Å². The van der Waals surface area contributed by atoms with E-state index in [1.165, 1.54) is 0 Å². The van der Waals surface area contributed by atoms with Crippen molar-refractivity contribution in [1.29, 1.82) is 0 Å². The molecule has 20 heavy (non-hydrogen) atoms. The Labute approximate surface area is 122 Å². The topological polar surface area (TPSA) is 29.5 Å². The molecular formula is C17H27NO2. The fourth-order valence-electron chi connectivity index (χ4n) is 2.23. The van der Waals surface area contributed by atoms with E-state index in [0.717, 1.165) is 38.1 Å². The molecule has 0 spiro atoms. The lowest BCUT2D eigenvalue weighted by atomic mass is 10.1. The molecule has 0 aromatic heterocycles. The molecular weight excluding hydrogens is 250 g/mol. The Kier molecular flexibility index (Phi) is 8.16. The van der Waals surface area contributed by atoms with E-state index in [1.54, 1.807) is 7.11 Å². The molecule has 0 aliphatic carbocycles. The lowest BCUT2D eigenvalue weighted by Gasteiger charge is -2.28. The Hall–Kier alpha value is -1.19. The van der Waals surface area contributed by atoms with Crippen LogP contribution in [0, 0.1) is 0 Å². The van der Waals surface area contributed by atoms with Gasteiger partial charge in [0.05, 0.1) is 6.61 Å². The lowest BCUT2D eigenvalue weighted by molar-refractivity contribution is 0.0957. The molecule has 0 fully saturated rings. The van der Waals surface area contributed by atoms with Gasteiger partial charge in [-0.2, -0.15) is 0 Å². The van der Waals surface area contributed by atoms with Gasteiger partial charge in [0, 0.05) is 31.7 Å². The summed E-state index contributed by atoms with van der Waals surface area (Å²) in [5.74, 6) is 0.237. The van der Waals surface area contributed by atoms with Crippen LogP contribution in [0.3, 0.4) is 0 Å². The van der Waals surface area contributed by atoms with Crippen LogP contribution in [0.15, 0.2) is 30.3 Å². The fourth-order valence-corrected chi connectivity index (χ4v) is 2.23. The van der Waals surface area contributed by atoms with Gasteiger partial charge >= 0.3 is 0 Å². The van der Waals surface area contributed by atoms with Gasteiger partial charge in [-0.25, -0.2) is 0 Å². The normalized spacial score (nSPS) is 12.6. The van der Waals surface area contributed by atoms with Crippen molar-refractivity contribution in [2.45, 2.75) is 39.2 Å². The SMILES string of the molecule is CCC(C)N(CCCC(=O)c1ccccc1)CCOC. The van der Waals surface area contributed by atoms with Crippen molar-refractivity contribution in [2.75, 3.05) is 26.8 Å². The third kappa shape index (κ3) is 5.85. The van der Waals surface area contributed by atoms with E-state index in [9.17, 15) is 4.79 Å². The predicted octanol–water partition coefficient (Wildman–Crippen LogP) is 3.40. The van der Waals surface area contributed by atoms with Crippen LogP contribution in [0.4, 0.5) is 0 Å². The maximum absolute atomic E-state index is 12.0. The van der Waals surface area contributed by atoms with Crippen LogP contribution < -0.4 is 0 Å². The summed E-state index contributed by atoms with van der Waals surface area (Å²) in [6.07, 6.45) is 2.64. The molecule has 0 N–H and O–H groups in total. The molecule has 1 unspecified atom stereocenters. The van der Waals surface area contributed by atoms with Crippen molar-refractivity contribution in [2.24, 2.45) is 0 Å². The first kappa shape index (κ1) is 16.9. The molecule has 0 aliphatic rings. The molecule has 1 aromatic rings. The van der Waals surface area contributed by atoms with Crippen LogP contribution in [-0.2, 0) is 4.74 Å². The van der Waals surface area contributed by atoms with Gasteiger partial charge in [-0.15, -0.1) is 0 Å². The molecule has 0 amide bonds. The van der Waals surface area contributed by atoms with Crippen LogP contribution in [0.25, 0.3) is 0 Å². The zero-order chi connectivity index (χ0) is 14.8. The number of carbonyl (C=O) groups excluding carboxylic acids is 1. The largest absolute Gasteiger partial charge is 0.383 e. The number of hydrogen-bond acceptors (Lipinski definition) is 3. The highest BCUT2D eigenvalue weighted by Crippen LogP contribution is 2.09. The highest BCUT2D eigenvalue weighted by molar-refractivity contribution is 5.95. The number of methoxy groups -OCH3 is 1. The number of ether oxygens (including phenoxy) is 1. The Morgan fingerprint density at radius 3 is 2.55 bits per heavy atom. The summed E-state index contributed by atoms with van der Waals surface area (Å²) >= 11 is 0. The first-order valence-electron chi connectivity index (χ1n) is 7.50. The molecule has 0 saturated heterocycles. The summed E-state index contributed by atoms with van der Waals surface area (Å²) in [6.45, 7) is 7.06. The molecule has 0 radical (unpaired) electrons. The van der Waals surface area contributed by atoms with Crippen molar-refractivity contribution in [3.8, 4) is 0 Å². The smallest absolute Gasteiger partial charge is 0.162 e. The van der Waals surface area contributed by atoms with Crippen LogP contribution in [-0.4, -0.2) is 43.5 Å². The summed E-state index contributed by atoms with van der Waals surface area (Å²) in [4.78, 5) is 14.4. The van der Waals surface area contributed by atoms with E-state index < -0.39 is 0 Å². The van der Waals surface area contributed by atoms with Crippen molar-refractivity contribution < 1.29 is 9.53 Å². The quantitative estimate of drug-likeness (QED) is 0.614. The van der Waals surface area contributed by atoms with Gasteiger partial charge < -0.3 is 4.74 Å². The zero-order valence-corrected chi connectivity index (χ0v) is 13.0. The van der Waals surface area contributed by atoms with E-state index in [4.69, 9.17) is 4.74 Å². The third-order valence-electron chi connectivity index (χ3n) is 3.74. The second-order valence-corrected chi connectivity index (χ2v) is 5.18. The number of nitrogens with zero attached hydrogens (tertiary/aromatic N) is 1. The van der Waals surface area contributed by atoms with E-state index in [0.29, 0.717) is 12.5 Å². The average molecular weight is 277 g/mol. The number of benzene rings is 1. The maximum atomic E-state index is 12.0. The minimum atomic E-state index is 0.237. The highest BCUT2D eigenvalue weighted by Gasteiger charge is 2.12. The third-order valence-corrected chi connectivity index (χ3v) is 3.74. The summed E-state index contributed by atoms with van der Waals surface area (Å²) in [5.41, 5.74) is 0.819. The van der Waals surface area contributed by atoms with Crippen LogP contribution in [0.5, 0.6) is 0 Å². The molecule has 1 atom stereocenters.